The predicted octanol–water partition coefficient (Wildman–Crippen LogP) is 5.91. The highest BCUT2D eigenvalue weighted by molar-refractivity contribution is 6.33. The number of hydrogen-bond acceptors (Lipinski definition) is 4. The molecule has 6 nitrogen and oxygen atoms in total. The molecule has 0 atom stereocenters. The summed E-state index contributed by atoms with van der Waals surface area (Å²) < 4.78 is 80.3. The molecule has 1 heterocycles. The number of nitrogens with one attached hydrogen (secondary N) is 2. The lowest BCUT2D eigenvalue weighted by Gasteiger charge is -2.30. The summed E-state index contributed by atoms with van der Waals surface area (Å²) in [4.78, 5) is 34.9. The fourth-order valence-electron chi connectivity index (χ4n) is 4.31. The maximum atomic E-state index is 13.6. The first-order valence-electron chi connectivity index (χ1n) is 11.1. The lowest BCUT2D eigenvalue weighted by atomic mass is 9.84. The van der Waals surface area contributed by atoms with E-state index in [-0.39, 0.29) is 47.2 Å². The van der Waals surface area contributed by atoms with Crippen molar-refractivity contribution in [3.63, 3.8) is 0 Å². The third-order valence-corrected chi connectivity index (χ3v) is 6.60. The van der Waals surface area contributed by atoms with E-state index in [0.29, 0.717) is 18.4 Å². The zero-order chi connectivity index (χ0) is 27.0. The fourth-order valence-corrected chi connectivity index (χ4v) is 4.52. The first-order chi connectivity index (χ1) is 17.3. The number of alkyl halides is 6. The first-order valence-corrected chi connectivity index (χ1v) is 11.5. The Labute approximate surface area is 211 Å². The van der Waals surface area contributed by atoms with Crippen LogP contribution in [0.4, 0.5) is 26.3 Å². The minimum atomic E-state index is -4.68. The summed E-state index contributed by atoms with van der Waals surface area (Å²) in [7, 11) is 0. The van der Waals surface area contributed by atoms with Gasteiger partial charge < -0.3 is 5.32 Å². The van der Waals surface area contributed by atoms with Gasteiger partial charge in [0.05, 0.1) is 10.6 Å². The van der Waals surface area contributed by atoms with Gasteiger partial charge in [0.25, 0.3) is 0 Å². The van der Waals surface area contributed by atoms with Crippen LogP contribution in [0.3, 0.4) is 0 Å². The highest BCUT2D eigenvalue weighted by atomic mass is 35.5. The van der Waals surface area contributed by atoms with E-state index in [2.05, 4.69) is 20.3 Å². The summed E-state index contributed by atoms with van der Waals surface area (Å²) in [5.74, 6) is -1.52. The normalized spacial score (nSPS) is 15.5. The molecule has 0 spiro atoms. The number of nitrogens with zero attached hydrogens (tertiary/aromatic N) is 2. The predicted molar refractivity (Wildman–Crippen MR) is 122 cm³/mol. The summed E-state index contributed by atoms with van der Waals surface area (Å²) in [6.07, 6.45) is -9.27. The van der Waals surface area contributed by atoms with Crippen molar-refractivity contribution in [2.45, 2.75) is 44.6 Å². The number of aromatic amines is 1. The third-order valence-electron chi connectivity index (χ3n) is 6.27. The molecular weight excluding hydrogens is 526 g/mol. The Morgan fingerprint density at radius 1 is 1.03 bits per heavy atom. The Balaban J connectivity index is 1.63. The standard InChI is InChI=1S/C24H19ClF6N4O2/c25-17-7-6-13(12-32-20(36)22(24(29,30)31)8-1-2-9-22)10-16(17)19-33-18(34-21(37)35-19)14-4-3-5-15(11-14)23(26,27)28/h3-7,10-11H,1-2,8-9,12H2,(H,32,36)(H,33,34,35,37). The number of hydrogen-bond donors (Lipinski definition) is 2. The van der Waals surface area contributed by atoms with Gasteiger partial charge in [-0.05, 0) is 42.7 Å². The lowest BCUT2D eigenvalue weighted by Crippen LogP contribution is -2.48. The third kappa shape index (κ3) is 5.48. The highest BCUT2D eigenvalue weighted by Crippen LogP contribution is 2.50. The molecule has 0 aliphatic heterocycles. The summed E-state index contributed by atoms with van der Waals surface area (Å²) >= 11 is 6.25. The Kier molecular flexibility index (Phi) is 7.06. The molecule has 1 aliphatic rings. The van der Waals surface area contributed by atoms with Crippen molar-refractivity contribution in [1.29, 1.82) is 0 Å². The molecule has 1 aliphatic carbocycles. The molecule has 37 heavy (non-hydrogen) atoms. The maximum absolute atomic E-state index is 13.6. The fraction of sp³-hybridized carbons (Fsp3) is 0.333. The average Bonchev–Trinajstić information content (AvgIpc) is 3.34. The van der Waals surface area contributed by atoms with Gasteiger partial charge in [0.2, 0.25) is 5.91 Å². The SMILES string of the molecule is O=C(NCc1ccc(Cl)c(-c2nc(-c3cccc(C(F)(F)F)c3)nc(=O)[nH]2)c1)C1(C(F)(F)F)CCCC1. The number of carbonyl (C=O) groups excluding carboxylic acids is 1. The first kappa shape index (κ1) is 26.6. The van der Waals surface area contributed by atoms with Crippen LogP contribution in [0, 0.1) is 5.41 Å². The van der Waals surface area contributed by atoms with Crippen LogP contribution in [0.25, 0.3) is 22.8 Å². The molecule has 1 saturated carbocycles. The van der Waals surface area contributed by atoms with Crippen LogP contribution >= 0.6 is 11.6 Å². The molecule has 196 valence electrons. The number of H-pyrrole nitrogens is 1. The van der Waals surface area contributed by atoms with Gasteiger partial charge in [-0.3, -0.25) is 9.78 Å². The average molecular weight is 545 g/mol. The summed E-state index contributed by atoms with van der Waals surface area (Å²) in [6.45, 7) is -0.253. The van der Waals surface area contributed by atoms with Crippen LogP contribution < -0.4 is 11.0 Å². The summed E-state index contributed by atoms with van der Waals surface area (Å²) in [6, 6.07) is 8.40. The maximum Gasteiger partial charge on any atom is 0.416 e. The van der Waals surface area contributed by atoms with E-state index in [1.807, 2.05) is 0 Å². The van der Waals surface area contributed by atoms with Crippen LogP contribution in [0.2, 0.25) is 5.02 Å². The minimum Gasteiger partial charge on any atom is -0.351 e. The van der Waals surface area contributed by atoms with Gasteiger partial charge in [0.1, 0.15) is 11.2 Å². The van der Waals surface area contributed by atoms with Crippen molar-refractivity contribution in [3.8, 4) is 22.8 Å². The number of carbonyl (C=O) groups is 1. The van der Waals surface area contributed by atoms with E-state index in [1.165, 1.54) is 24.3 Å². The van der Waals surface area contributed by atoms with Crippen LogP contribution in [-0.4, -0.2) is 27.0 Å². The largest absolute Gasteiger partial charge is 0.416 e. The quantitative estimate of drug-likeness (QED) is 0.391. The van der Waals surface area contributed by atoms with Crippen LogP contribution in [0.15, 0.2) is 47.3 Å². The summed E-state index contributed by atoms with van der Waals surface area (Å²) in [5, 5.41) is 2.44. The van der Waals surface area contributed by atoms with Gasteiger partial charge in [-0.2, -0.15) is 31.3 Å². The molecule has 1 fully saturated rings. The van der Waals surface area contributed by atoms with Crippen molar-refractivity contribution in [1.82, 2.24) is 20.3 Å². The van der Waals surface area contributed by atoms with E-state index in [9.17, 15) is 35.9 Å². The van der Waals surface area contributed by atoms with Crippen LogP contribution in [0.1, 0.15) is 36.8 Å². The number of rotatable bonds is 5. The molecule has 2 N–H and O–H groups in total. The van der Waals surface area contributed by atoms with Gasteiger partial charge in [0.15, 0.2) is 5.82 Å². The van der Waals surface area contributed by atoms with E-state index in [0.717, 1.165) is 18.2 Å². The zero-order valence-corrected chi connectivity index (χ0v) is 19.7. The summed E-state index contributed by atoms with van der Waals surface area (Å²) in [5.41, 5.74) is -3.84. The molecule has 1 amide bonds. The van der Waals surface area contributed by atoms with Gasteiger partial charge in [0, 0.05) is 17.7 Å². The molecular formula is C24H19ClF6N4O2. The van der Waals surface area contributed by atoms with Crippen molar-refractivity contribution in [2.75, 3.05) is 0 Å². The van der Waals surface area contributed by atoms with Gasteiger partial charge >= 0.3 is 18.0 Å². The van der Waals surface area contributed by atoms with E-state index in [4.69, 9.17) is 11.6 Å². The second-order valence-electron chi connectivity index (χ2n) is 8.69. The smallest absolute Gasteiger partial charge is 0.351 e. The van der Waals surface area contributed by atoms with Crippen molar-refractivity contribution in [3.05, 3.63) is 69.1 Å². The number of aromatic nitrogens is 3. The molecule has 13 heteroatoms. The van der Waals surface area contributed by atoms with Gasteiger partial charge in [-0.1, -0.05) is 42.6 Å². The van der Waals surface area contributed by atoms with E-state index >= 15 is 0 Å². The van der Waals surface area contributed by atoms with Gasteiger partial charge in [-0.25, -0.2) is 9.78 Å². The van der Waals surface area contributed by atoms with Crippen LogP contribution in [0.5, 0.6) is 0 Å². The molecule has 0 bridgehead atoms. The number of benzene rings is 2. The Bertz CT molecular complexity index is 1380. The van der Waals surface area contributed by atoms with E-state index in [1.54, 1.807) is 0 Å². The number of amides is 1. The Hall–Kier alpha value is -3.41. The molecule has 0 radical (unpaired) electrons. The Morgan fingerprint density at radius 2 is 1.73 bits per heavy atom. The minimum absolute atomic E-state index is 0.0595. The molecule has 0 unspecified atom stereocenters. The topological polar surface area (TPSA) is 87.7 Å². The molecule has 4 rings (SSSR count). The Morgan fingerprint density at radius 3 is 2.38 bits per heavy atom. The molecule has 2 aromatic carbocycles. The van der Waals surface area contributed by atoms with Crippen molar-refractivity contribution >= 4 is 17.5 Å². The van der Waals surface area contributed by atoms with Crippen LogP contribution in [-0.2, 0) is 17.5 Å². The van der Waals surface area contributed by atoms with Gasteiger partial charge in [-0.15, -0.1) is 0 Å². The van der Waals surface area contributed by atoms with Crippen molar-refractivity contribution in [2.24, 2.45) is 5.41 Å². The van der Waals surface area contributed by atoms with E-state index < -0.39 is 34.9 Å². The second-order valence-corrected chi connectivity index (χ2v) is 9.10. The lowest BCUT2D eigenvalue weighted by molar-refractivity contribution is -0.220. The monoisotopic (exact) mass is 544 g/mol. The molecule has 1 aromatic heterocycles. The molecule has 0 saturated heterocycles. The number of halogens is 7. The van der Waals surface area contributed by atoms with Crippen molar-refractivity contribution < 1.29 is 31.1 Å². The highest BCUT2D eigenvalue weighted by Gasteiger charge is 2.60. The second kappa shape index (κ2) is 9.81. The molecule has 3 aromatic rings. The zero-order valence-electron chi connectivity index (χ0n) is 18.9.